The molecule has 4 aromatic rings. The highest BCUT2D eigenvalue weighted by molar-refractivity contribution is 7.89. The lowest BCUT2D eigenvalue weighted by molar-refractivity contribution is 0.102. The smallest absolute Gasteiger partial charge is 0.255 e. The second-order valence-electron chi connectivity index (χ2n) is 10.0. The van der Waals surface area contributed by atoms with Gasteiger partial charge in [0.25, 0.3) is 5.91 Å². The molecule has 5 rings (SSSR count). The van der Waals surface area contributed by atoms with Crippen LogP contribution in [-0.4, -0.2) is 55.5 Å². The van der Waals surface area contributed by atoms with Gasteiger partial charge in [0, 0.05) is 54.4 Å². The lowest BCUT2D eigenvalue weighted by Crippen LogP contribution is -2.48. The van der Waals surface area contributed by atoms with Gasteiger partial charge in [0.1, 0.15) is 0 Å². The maximum absolute atomic E-state index is 13.1. The topological polar surface area (TPSA) is 86.8 Å². The van der Waals surface area contributed by atoms with E-state index in [0.717, 1.165) is 11.1 Å². The third kappa shape index (κ3) is 6.74. The molecule has 0 radical (unpaired) electrons. The molecule has 9 heteroatoms. The summed E-state index contributed by atoms with van der Waals surface area (Å²) < 4.78 is 27.5. The first-order chi connectivity index (χ1) is 19.7. The Balaban J connectivity index is 1.20. The van der Waals surface area contributed by atoms with Crippen LogP contribution in [0.3, 0.4) is 0 Å². The molecule has 0 saturated carbocycles. The van der Waals surface area contributed by atoms with Crippen LogP contribution in [0, 0.1) is 6.92 Å². The van der Waals surface area contributed by atoms with Crippen LogP contribution in [0.25, 0.3) is 0 Å². The molecule has 1 heterocycles. The summed E-state index contributed by atoms with van der Waals surface area (Å²) in [6.07, 6.45) is 0. The predicted octanol–water partition coefficient (Wildman–Crippen LogP) is 5.64. The van der Waals surface area contributed by atoms with Gasteiger partial charge in [-0.1, -0.05) is 71.8 Å². The molecule has 0 aliphatic carbocycles. The highest BCUT2D eigenvalue weighted by atomic mass is 35.5. The standard InChI is InChI=1S/C32H30ClN3O4S/c1-23-7-14-28(15-8-23)41(39,40)36-19-17-35(18-20-36)22-24-9-11-26(12-10-24)32(38)34-30-16-13-27(33)21-29(30)31(37)25-5-3-2-4-6-25/h2-16,21H,17-20,22H2,1H3,(H,34,38). The van der Waals surface area contributed by atoms with E-state index in [9.17, 15) is 18.0 Å². The van der Waals surface area contributed by atoms with E-state index in [1.54, 1.807) is 66.7 Å². The second kappa shape index (κ2) is 12.4. The third-order valence-corrected chi connectivity index (χ3v) is 9.27. The lowest BCUT2D eigenvalue weighted by Gasteiger charge is -2.34. The molecule has 0 aromatic heterocycles. The van der Waals surface area contributed by atoms with Gasteiger partial charge in [0.2, 0.25) is 10.0 Å². The van der Waals surface area contributed by atoms with E-state index >= 15 is 0 Å². The Bertz CT molecular complexity index is 1650. The number of sulfonamides is 1. The first kappa shape index (κ1) is 28.7. The second-order valence-corrected chi connectivity index (χ2v) is 12.4. The Labute approximate surface area is 245 Å². The zero-order chi connectivity index (χ0) is 29.0. The third-order valence-electron chi connectivity index (χ3n) is 7.12. The number of piperazine rings is 1. The Morgan fingerprint density at radius 3 is 2.12 bits per heavy atom. The fourth-order valence-corrected chi connectivity index (χ4v) is 6.35. The van der Waals surface area contributed by atoms with Crippen LogP contribution in [0.2, 0.25) is 5.02 Å². The molecule has 1 aliphatic heterocycles. The van der Waals surface area contributed by atoms with Gasteiger partial charge < -0.3 is 5.32 Å². The van der Waals surface area contributed by atoms with Gasteiger partial charge in [-0.2, -0.15) is 4.31 Å². The number of carbonyl (C=O) groups excluding carboxylic acids is 2. The molecule has 0 bridgehead atoms. The Kier molecular flexibility index (Phi) is 8.65. The van der Waals surface area contributed by atoms with E-state index in [4.69, 9.17) is 11.6 Å². The number of carbonyl (C=O) groups is 2. The summed E-state index contributed by atoms with van der Waals surface area (Å²) in [5, 5.41) is 3.25. The first-order valence-corrected chi connectivity index (χ1v) is 15.1. The lowest BCUT2D eigenvalue weighted by atomic mass is 10.0. The van der Waals surface area contributed by atoms with Gasteiger partial charge in [0.05, 0.1) is 10.6 Å². The average molecular weight is 588 g/mol. The van der Waals surface area contributed by atoms with Crippen molar-refractivity contribution in [1.82, 2.24) is 9.21 Å². The number of anilines is 1. The summed E-state index contributed by atoms with van der Waals surface area (Å²) in [4.78, 5) is 28.6. The van der Waals surface area contributed by atoms with Crippen molar-refractivity contribution in [2.75, 3.05) is 31.5 Å². The van der Waals surface area contributed by atoms with E-state index in [0.29, 0.717) is 65.0 Å². The molecule has 1 N–H and O–H groups in total. The summed E-state index contributed by atoms with van der Waals surface area (Å²) in [7, 11) is -3.51. The number of aryl methyl sites for hydroxylation is 1. The number of ketones is 1. The molecule has 1 amide bonds. The molecule has 7 nitrogen and oxygen atoms in total. The minimum atomic E-state index is -3.51. The Hall–Kier alpha value is -3.82. The van der Waals surface area contributed by atoms with E-state index in [1.165, 1.54) is 4.31 Å². The molecule has 0 spiro atoms. The van der Waals surface area contributed by atoms with E-state index in [1.807, 2.05) is 37.3 Å². The number of halogens is 1. The average Bonchev–Trinajstić information content (AvgIpc) is 2.99. The fraction of sp³-hybridized carbons (Fsp3) is 0.188. The molecular weight excluding hydrogens is 558 g/mol. The summed E-state index contributed by atoms with van der Waals surface area (Å²) in [6, 6.07) is 27.9. The van der Waals surface area contributed by atoms with Crippen LogP contribution in [-0.2, 0) is 16.6 Å². The fourth-order valence-electron chi connectivity index (χ4n) is 4.76. The van der Waals surface area contributed by atoms with Crippen LogP contribution in [0.15, 0.2) is 102 Å². The van der Waals surface area contributed by atoms with Crippen molar-refractivity contribution >= 4 is 39.0 Å². The number of nitrogens with one attached hydrogen (secondary N) is 1. The number of rotatable bonds is 8. The summed E-state index contributed by atoms with van der Waals surface area (Å²) in [5.41, 5.74) is 3.69. The number of benzene rings is 4. The van der Waals surface area contributed by atoms with Crippen molar-refractivity contribution in [3.63, 3.8) is 0 Å². The molecule has 1 aliphatic rings. The summed E-state index contributed by atoms with van der Waals surface area (Å²) in [6.45, 7) is 4.64. The largest absolute Gasteiger partial charge is 0.321 e. The van der Waals surface area contributed by atoms with Gasteiger partial charge in [-0.25, -0.2) is 8.42 Å². The van der Waals surface area contributed by atoms with E-state index < -0.39 is 10.0 Å². The van der Waals surface area contributed by atoms with Crippen molar-refractivity contribution in [3.8, 4) is 0 Å². The molecule has 41 heavy (non-hydrogen) atoms. The first-order valence-electron chi connectivity index (χ1n) is 13.3. The minimum Gasteiger partial charge on any atom is -0.321 e. The minimum absolute atomic E-state index is 0.231. The Morgan fingerprint density at radius 2 is 1.46 bits per heavy atom. The molecular formula is C32H30ClN3O4S. The molecule has 210 valence electrons. The van der Waals surface area contributed by atoms with Gasteiger partial charge in [0.15, 0.2) is 5.78 Å². The van der Waals surface area contributed by atoms with Gasteiger partial charge in [-0.05, 0) is 55.0 Å². The van der Waals surface area contributed by atoms with Crippen molar-refractivity contribution in [2.24, 2.45) is 0 Å². The number of amides is 1. The zero-order valence-electron chi connectivity index (χ0n) is 22.6. The number of hydrogen-bond donors (Lipinski definition) is 1. The van der Waals surface area contributed by atoms with Crippen molar-refractivity contribution in [2.45, 2.75) is 18.4 Å². The summed E-state index contributed by atoms with van der Waals surface area (Å²) in [5.74, 6) is -0.568. The zero-order valence-corrected chi connectivity index (χ0v) is 24.2. The Morgan fingerprint density at radius 1 is 0.805 bits per heavy atom. The van der Waals surface area contributed by atoms with Crippen molar-refractivity contribution in [3.05, 3.63) is 130 Å². The van der Waals surface area contributed by atoms with Gasteiger partial charge in [-0.3, -0.25) is 14.5 Å². The molecule has 1 saturated heterocycles. The van der Waals surface area contributed by atoms with Crippen LogP contribution < -0.4 is 5.32 Å². The predicted molar refractivity (Wildman–Crippen MR) is 161 cm³/mol. The molecule has 0 unspecified atom stereocenters. The quantitative estimate of drug-likeness (QED) is 0.270. The van der Waals surface area contributed by atoms with Crippen LogP contribution >= 0.6 is 11.6 Å². The highest BCUT2D eigenvalue weighted by Gasteiger charge is 2.28. The van der Waals surface area contributed by atoms with Crippen LogP contribution in [0.4, 0.5) is 5.69 Å². The van der Waals surface area contributed by atoms with Crippen LogP contribution in [0.1, 0.15) is 37.4 Å². The van der Waals surface area contributed by atoms with Gasteiger partial charge >= 0.3 is 0 Å². The van der Waals surface area contributed by atoms with E-state index in [-0.39, 0.29) is 11.7 Å². The highest BCUT2D eigenvalue weighted by Crippen LogP contribution is 2.25. The van der Waals surface area contributed by atoms with Gasteiger partial charge in [-0.15, -0.1) is 0 Å². The molecule has 4 aromatic carbocycles. The van der Waals surface area contributed by atoms with Crippen molar-refractivity contribution < 1.29 is 18.0 Å². The monoisotopic (exact) mass is 587 g/mol. The maximum Gasteiger partial charge on any atom is 0.255 e. The summed E-state index contributed by atoms with van der Waals surface area (Å²) >= 11 is 6.16. The maximum atomic E-state index is 13.1. The normalized spacial score (nSPS) is 14.5. The molecule has 0 atom stereocenters. The SMILES string of the molecule is Cc1ccc(S(=O)(=O)N2CCN(Cc3ccc(C(=O)Nc4ccc(Cl)cc4C(=O)c4ccccc4)cc3)CC2)cc1. The van der Waals surface area contributed by atoms with E-state index in [2.05, 4.69) is 10.2 Å². The number of nitrogens with zero attached hydrogens (tertiary/aromatic N) is 2. The van der Waals surface area contributed by atoms with Crippen molar-refractivity contribution in [1.29, 1.82) is 0 Å². The van der Waals surface area contributed by atoms with Crippen LogP contribution in [0.5, 0.6) is 0 Å². The number of hydrogen-bond acceptors (Lipinski definition) is 5. The molecule has 1 fully saturated rings.